The maximum absolute atomic E-state index is 13.1. The number of piperidine rings is 1. The summed E-state index contributed by atoms with van der Waals surface area (Å²) in [6.07, 6.45) is 5.87. The van der Waals surface area contributed by atoms with Gasteiger partial charge in [-0.05, 0) is 84.8 Å². The number of halogens is 1. The molecule has 1 atom stereocenters. The molecule has 4 rings (SSSR count). The van der Waals surface area contributed by atoms with Crippen LogP contribution in [0.15, 0.2) is 78.9 Å². The van der Waals surface area contributed by atoms with Crippen molar-refractivity contribution < 1.29 is 14.3 Å². The molecular weight excluding hydrogens is 496 g/mol. The lowest BCUT2D eigenvalue weighted by Gasteiger charge is -2.33. The summed E-state index contributed by atoms with van der Waals surface area (Å²) in [7, 11) is 0. The van der Waals surface area contributed by atoms with Crippen LogP contribution < -0.4 is 10.1 Å². The molecule has 1 unspecified atom stereocenters. The van der Waals surface area contributed by atoms with Crippen molar-refractivity contribution in [3.8, 4) is 11.5 Å². The van der Waals surface area contributed by atoms with Crippen molar-refractivity contribution in [2.45, 2.75) is 58.0 Å². The average molecular weight is 533 g/mol. The highest BCUT2D eigenvalue weighted by molar-refractivity contribution is 6.67. The van der Waals surface area contributed by atoms with Crippen LogP contribution in [0.2, 0.25) is 0 Å². The van der Waals surface area contributed by atoms with E-state index >= 15 is 0 Å². The van der Waals surface area contributed by atoms with Crippen molar-refractivity contribution in [2.75, 3.05) is 13.1 Å². The zero-order chi connectivity index (χ0) is 26.7. The van der Waals surface area contributed by atoms with E-state index in [1.54, 1.807) is 24.3 Å². The number of hydrogen-bond donors (Lipinski definition) is 1. The van der Waals surface area contributed by atoms with Gasteiger partial charge in [-0.1, -0.05) is 62.2 Å². The van der Waals surface area contributed by atoms with Crippen LogP contribution >= 0.6 is 11.6 Å². The van der Waals surface area contributed by atoms with Crippen LogP contribution in [0.4, 0.5) is 0 Å². The summed E-state index contributed by atoms with van der Waals surface area (Å²) < 4.78 is 5.88. The van der Waals surface area contributed by atoms with Gasteiger partial charge in [-0.3, -0.25) is 14.5 Å². The van der Waals surface area contributed by atoms with E-state index in [9.17, 15) is 9.59 Å². The van der Waals surface area contributed by atoms with Gasteiger partial charge in [-0.15, -0.1) is 0 Å². The third-order valence-corrected chi connectivity index (χ3v) is 7.40. The molecule has 1 aliphatic heterocycles. The summed E-state index contributed by atoms with van der Waals surface area (Å²) >= 11 is 5.50. The van der Waals surface area contributed by atoms with Crippen LogP contribution in [-0.2, 0) is 17.8 Å². The minimum atomic E-state index is -0.480. The standard InChI is InChI=1S/C32H37ClN2O3/c1-2-3-9-27(22-24-7-5-4-6-8-24)32(37)34-28-18-20-35(21-19-28)23-25-10-14-29(15-11-25)38-30-16-12-26(13-17-30)31(33)36/h4-8,10-17,27-28H,2-3,9,18-23H2,1H3,(H,34,37). The summed E-state index contributed by atoms with van der Waals surface area (Å²) in [5.41, 5.74) is 2.90. The van der Waals surface area contributed by atoms with Crippen LogP contribution in [-0.4, -0.2) is 35.2 Å². The number of amides is 1. The zero-order valence-electron chi connectivity index (χ0n) is 22.1. The van der Waals surface area contributed by atoms with Crippen molar-refractivity contribution in [3.05, 3.63) is 95.6 Å². The molecule has 200 valence electrons. The first-order chi connectivity index (χ1) is 18.5. The summed E-state index contributed by atoms with van der Waals surface area (Å²) in [6, 6.07) is 25.5. The Morgan fingerprint density at radius 1 is 0.921 bits per heavy atom. The Labute approximate surface area is 231 Å². The molecule has 0 spiro atoms. The van der Waals surface area contributed by atoms with E-state index < -0.39 is 5.24 Å². The number of rotatable bonds is 12. The molecule has 1 fully saturated rings. The Kier molecular flexibility index (Phi) is 10.4. The summed E-state index contributed by atoms with van der Waals surface area (Å²) in [6.45, 7) is 4.99. The van der Waals surface area contributed by atoms with Gasteiger partial charge in [0.25, 0.3) is 5.24 Å². The maximum Gasteiger partial charge on any atom is 0.252 e. The van der Waals surface area contributed by atoms with E-state index in [2.05, 4.69) is 41.4 Å². The van der Waals surface area contributed by atoms with Gasteiger partial charge in [0.15, 0.2) is 0 Å². The molecule has 1 saturated heterocycles. The van der Waals surface area contributed by atoms with E-state index in [0.717, 1.165) is 63.9 Å². The smallest absolute Gasteiger partial charge is 0.252 e. The molecule has 0 bridgehead atoms. The zero-order valence-corrected chi connectivity index (χ0v) is 22.8. The molecular formula is C32H37ClN2O3. The normalized spacial score (nSPS) is 15.1. The Bertz CT molecular complexity index is 1160. The lowest BCUT2D eigenvalue weighted by atomic mass is 9.92. The molecule has 0 saturated carbocycles. The Morgan fingerprint density at radius 3 is 2.16 bits per heavy atom. The molecule has 0 aliphatic carbocycles. The highest BCUT2D eigenvalue weighted by Crippen LogP contribution is 2.24. The predicted molar refractivity (Wildman–Crippen MR) is 153 cm³/mol. The van der Waals surface area contributed by atoms with Crippen molar-refractivity contribution in [2.24, 2.45) is 5.92 Å². The second-order valence-electron chi connectivity index (χ2n) is 10.1. The van der Waals surface area contributed by atoms with E-state index in [0.29, 0.717) is 11.3 Å². The largest absolute Gasteiger partial charge is 0.457 e. The fraction of sp³-hybridized carbons (Fsp3) is 0.375. The van der Waals surface area contributed by atoms with Gasteiger partial charge in [0.1, 0.15) is 11.5 Å². The topological polar surface area (TPSA) is 58.6 Å². The van der Waals surface area contributed by atoms with Crippen molar-refractivity contribution in [1.82, 2.24) is 10.2 Å². The molecule has 0 aromatic heterocycles. The molecule has 6 heteroatoms. The number of unbranched alkanes of at least 4 members (excludes halogenated alkanes) is 1. The lowest BCUT2D eigenvalue weighted by Crippen LogP contribution is -2.46. The SMILES string of the molecule is CCCCC(Cc1ccccc1)C(=O)NC1CCN(Cc2ccc(Oc3ccc(C(=O)Cl)cc3)cc2)CC1. The summed E-state index contributed by atoms with van der Waals surface area (Å²) in [5.74, 6) is 1.65. The molecule has 3 aromatic rings. The number of carbonyl (C=O) groups excluding carboxylic acids is 2. The van der Waals surface area contributed by atoms with Gasteiger partial charge in [0.2, 0.25) is 5.91 Å². The molecule has 0 radical (unpaired) electrons. The van der Waals surface area contributed by atoms with Crippen molar-refractivity contribution in [3.63, 3.8) is 0 Å². The summed E-state index contributed by atoms with van der Waals surface area (Å²) in [5, 5.41) is 2.88. The third-order valence-electron chi connectivity index (χ3n) is 7.18. The first-order valence-electron chi connectivity index (χ1n) is 13.6. The average Bonchev–Trinajstić information content (AvgIpc) is 2.94. The minimum Gasteiger partial charge on any atom is -0.457 e. The molecule has 5 nitrogen and oxygen atoms in total. The van der Waals surface area contributed by atoms with Crippen LogP contribution in [0.1, 0.15) is 60.5 Å². The Morgan fingerprint density at radius 2 is 1.55 bits per heavy atom. The van der Waals surface area contributed by atoms with Gasteiger partial charge in [0.05, 0.1) is 0 Å². The van der Waals surface area contributed by atoms with Gasteiger partial charge in [0, 0.05) is 37.2 Å². The van der Waals surface area contributed by atoms with Gasteiger partial charge < -0.3 is 10.1 Å². The molecule has 1 N–H and O–H groups in total. The van der Waals surface area contributed by atoms with Crippen molar-refractivity contribution in [1.29, 1.82) is 0 Å². The Balaban J connectivity index is 1.22. The lowest BCUT2D eigenvalue weighted by molar-refractivity contribution is -0.126. The van der Waals surface area contributed by atoms with E-state index in [4.69, 9.17) is 16.3 Å². The highest BCUT2D eigenvalue weighted by Gasteiger charge is 2.25. The number of likely N-dealkylation sites (tertiary alicyclic amines) is 1. The molecule has 1 aliphatic rings. The minimum absolute atomic E-state index is 0.0388. The number of nitrogens with one attached hydrogen (secondary N) is 1. The second-order valence-corrected chi connectivity index (χ2v) is 10.5. The maximum atomic E-state index is 13.1. The van der Waals surface area contributed by atoms with Gasteiger partial charge in [-0.2, -0.15) is 0 Å². The number of ether oxygens (including phenoxy) is 1. The first kappa shape index (κ1) is 27.9. The molecule has 38 heavy (non-hydrogen) atoms. The molecule has 1 heterocycles. The number of carbonyl (C=O) groups is 2. The van der Waals surface area contributed by atoms with Crippen LogP contribution in [0.5, 0.6) is 11.5 Å². The first-order valence-corrected chi connectivity index (χ1v) is 14.0. The van der Waals surface area contributed by atoms with Gasteiger partial charge >= 0.3 is 0 Å². The number of benzene rings is 3. The fourth-order valence-corrected chi connectivity index (χ4v) is 5.07. The number of nitrogens with zero attached hydrogens (tertiary/aromatic N) is 1. The second kappa shape index (κ2) is 14.1. The molecule has 1 amide bonds. The van der Waals surface area contributed by atoms with Gasteiger partial charge in [-0.25, -0.2) is 0 Å². The van der Waals surface area contributed by atoms with E-state index in [1.165, 1.54) is 11.1 Å². The Hall–Kier alpha value is -3.15. The third kappa shape index (κ3) is 8.44. The van der Waals surface area contributed by atoms with E-state index in [-0.39, 0.29) is 17.9 Å². The number of hydrogen-bond acceptors (Lipinski definition) is 4. The van der Waals surface area contributed by atoms with Crippen LogP contribution in [0, 0.1) is 5.92 Å². The molecule has 3 aromatic carbocycles. The van der Waals surface area contributed by atoms with Crippen LogP contribution in [0.3, 0.4) is 0 Å². The summed E-state index contributed by atoms with van der Waals surface area (Å²) in [4.78, 5) is 26.8. The predicted octanol–water partition coefficient (Wildman–Crippen LogP) is 6.99. The van der Waals surface area contributed by atoms with Crippen molar-refractivity contribution >= 4 is 22.8 Å². The monoisotopic (exact) mass is 532 g/mol. The highest BCUT2D eigenvalue weighted by atomic mass is 35.5. The van der Waals surface area contributed by atoms with E-state index in [1.807, 2.05) is 30.3 Å². The fourth-order valence-electron chi connectivity index (χ4n) is 4.94. The van der Waals surface area contributed by atoms with Crippen LogP contribution in [0.25, 0.3) is 0 Å². The quantitative estimate of drug-likeness (QED) is 0.255.